The average molecular weight is 306 g/mol. The highest BCUT2D eigenvalue weighted by Gasteiger charge is 2.69. The molecule has 0 aliphatic heterocycles. The van der Waals surface area contributed by atoms with E-state index >= 15 is 0 Å². The van der Waals surface area contributed by atoms with Crippen LogP contribution in [0.1, 0.15) is 45.6 Å². The van der Waals surface area contributed by atoms with E-state index in [1.165, 1.54) is 0 Å². The highest BCUT2D eigenvalue weighted by atomic mass is 16.4. The lowest BCUT2D eigenvalue weighted by Gasteiger charge is -2.68. The maximum absolute atomic E-state index is 10.2. The van der Waals surface area contributed by atoms with Crippen molar-refractivity contribution in [3.05, 3.63) is 35.9 Å². The van der Waals surface area contributed by atoms with E-state index in [1.807, 2.05) is 30.3 Å². The van der Waals surface area contributed by atoms with Crippen LogP contribution in [0.4, 0.5) is 0 Å². The van der Waals surface area contributed by atoms with Gasteiger partial charge >= 0.3 is 7.12 Å². The normalized spacial score (nSPS) is 35.0. The van der Waals surface area contributed by atoms with Crippen molar-refractivity contribution >= 4 is 7.12 Å². The number of rotatable bonds is 2. The van der Waals surface area contributed by atoms with Crippen LogP contribution in [0.2, 0.25) is 0 Å². The van der Waals surface area contributed by atoms with Crippen molar-refractivity contribution in [1.82, 2.24) is 0 Å². The summed E-state index contributed by atoms with van der Waals surface area (Å²) in [7, 11) is -1.23. The van der Waals surface area contributed by atoms with Crippen LogP contribution >= 0.6 is 0 Å². The lowest BCUT2D eigenvalue weighted by molar-refractivity contribution is -0.312. The Kier molecular flexibility index (Phi) is 4.74. The molecule has 122 valence electrons. The zero-order valence-electron chi connectivity index (χ0n) is 13.7. The van der Waals surface area contributed by atoms with Crippen LogP contribution < -0.4 is 0 Å². The Morgan fingerprint density at radius 1 is 1.09 bits per heavy atom. The molecule has 22 heavy (non-hydrogen) atoms. The molecule has 1 aromatic carbocycles. The number of hydrogen-bond donors (Lipinski definition) is 4. The Bertz CT molecular complexity index is 491. The summed E-state index contributed by atoms with van der Waals surface area (Å²) in [6.07, 6.45) is 2.90. The number of hydrogen-bond acceptors (Lipinski definition) is 4. The van der Waals surface area contributed by atoms with E-state index < -0.39 is 18.3 Å². The van der Waals surface area contributed by atoms with E-state index in [4.69, 9.17) is 10.0 Å². The van der Waals surface area contributed by atoms with Gasteiger partial charge in [0.05, 0.1) is 11.2 Å². The molecule has 5 heteroatoms. The summed E-state index contributed by atoms with van der Waals surface area (Å²) in [6.45, 7) is 5.90. The zero-order valence-corrected chi connectivity index (χ0v) is 13.7. The molecule has 3 fully saturated rings. The third-order valence-electron chi connectivity index (χ3n) is 5.76. The molecule has 3 saturated carbocycles. The van der Waals surface area contributed by atoms with Crippen molar-refractivity contribution < 1.29 is 20.3 Å². The first-order valence-corrected chi connectivity index (χ1v) is 7.95. The van der Waals surface area contributed by atoms with E-state index in [0.29, 0.717) is 12.2 Å². The second kappa shape index (κ2) is 5.97. The summed E-state index contributed by atoms with van der Waals surface area (Å²) in [5.41, 5.74) is -0.847. The molecule has 0 radical (unpaired) electrons. The molecule has 0 spiro atoms. The Hall–Kier alpha value is -0.875. The smallest absolute Gasteiger partial charge is 0.427 e. The highest BCUT2D eigenvalue weighted by Crippen LogP contribution is 2.65. The minimum atomic E-state index is -1.23. The third kappa shape index (κ3) is 2.95. The van der Waals surface area contributed by atoms with Crippen molar-refractivity contribution in [2.75, 3.05) is 0 Å². The molecular weight excluding hydrogens is 279 g/mol. The van der Waals surface area contributed by atoms with Gasteiger partial charge in [-0.2, -0.15) is 0 Å². The van der Waals surface area contributed by atoms with Crippen molar-refractivity contribution in [3.8, 4) is 0 Å². The minimum Gasteiger partial charge on any atom is -0.427 e. The monoisotopic (exact) mass is 306 g/mol. The average Bonchev–Trinajstić information content (AvgIpc) is 2.42. The third-order valence-corrected chi connectivity index (χ3v) is 5.76. The molecule has 3 unspecified atom stereocenters. The molecule has 3 aliphatic carbocycles. The lowest BCUT2D eigenvalue weighted by Crippen LogP contribution is -2.74. The fourth-order valence-corrected chi connectivity index (χ4v) is 3.95. The first kappa shape index (κ1) is 17.5. The van der Waals surface area contributed by atoms with Gasteiger partial charge in [-0.15, -0.1) is 0 Å². The molecule has 0 amide bonds. The van der Waals surface area contributed by atoms with Crippen molar-refractivity contribution in [3.63, 3.8) is 0 Å². The van der Waals surface area contributed by atoms with Crippen LogP contribution in [0.15, 0.2) is 30.3 Å². The molecule has 3 atom stereocenters. The Labute approximate surface area is 133 Å². The number of fused-ring (bicyclic) bond motifs is 2. The van der Waals surface area contributed by atoms with Crippen LogP contribution in [0, 0.1) is 11.3 Å². The molecule has 0 heterocycles. The molecule has 4 nitrogen and oxygen atoms in total. The molecule has 2 bridgehead atoms. The predicted octanol–water partition coefficient (Wildman–Crippen LogP) is 1.55. The van der Waals surface area contributed by atoms with Gasteiger partial charge in [0.1, 0.15) is 0 Å². The highest BCUT2D eigenvalue weighted by molar-refractivity contribution is 6.40. The van der Waals surface area contributed by atoms with Crippen LogP contribution in [-0.4, -0.2) is 38.6 Å². The van der Waals surface area contributed by atoms with Crippen LogP contribution in [0.5, 0.6) is 0 Å². The van der Waals surface area contributed by atoms with Gasteiger partial charge in [0.25, 0.3) is 0 Å². The molecule has 1 aromatic rings. The summed E-state index contributed by atoms with van der Waals surface area (Å²) in [5.74, 6) is 0.614. The van der Waals surface area contributed by atoms with Gasteiger partial charge in [0.15, 0.2) is 0 Å². The van der Waals surface area contributed by atoms with Crippen LogP contribution in [0.3, 0.4) is 0 Å². The summed E-state index contributed by atoms with van der Waals surface area (Å²) in [6, 6.07) is 9.36. The van der Waals surface area contributed by atoms with Gasteiger partial charge in [0, 0.05) is 6.32 Å². The minimum absolute atomic E-state index is 0.0885. The number of aliphatic hydroxyl groups is 2. The van der Waals surface area contributed by atoms with E-state index in [9.17, 15) is 10.2 Å². The van der Waals surface area contributed by atoms with Gasteiger partial charge in [-0.3, -0.25) is 0 Å². The van der Waals surface area contributed by atoms with E-state index in [0.717, 1.165) is 24.8 Å². The first-order valence-electron chi connectivity index (χ1n) is 7.95. The van der Waals surface area contributed by atoms with E-state index in [2.05, 4.69) is 13.8 Å². The van der Waals surface area contributed by atoms with E-state index in [1.54, 1.807) is 6.92 Å². The molecular formula is C17H27BO4. The van der Waals surface area contributed by atoms with Gasteiger partial charge in [-0.25, -0.2) is 0 Å². The van der Waals surface area contributed by atoms with E-state index in [-0.39, 0.29) is 5.41 Å². The van der Waals surface area contributed by atoms with Gasteiger partial charge < -0.3 is 20.3 Å². The van der Waals surface area contributed by atoms with Crippen LogP contribution in [-0.2, 0) is 6.32 Å². The topological polar surface area (TPSA) is 80.9 Å². The second-order valence-corrected chi connectivity index (χ2v) is 7.47. The molecule has 3 aliphatic rings. The SMILES string of the molecule is CC1(O)CCC2CC1(O)C2(C)C.OB(O)Cc1ccccc1. The Balaban J connectivity index is 0.000000164. The van der Waals surface area contributed by atoms with Gasteiger partial charge in [0.2, 0.25) is 0 Å². The van der Waals surface area contributed by atoms with Gasteiger partial charge in [-0.05, 0) is 37.5 Å². The van der Waals surface area contributed by atoms with Crippen LogP contribution in [0.25, 0.3) is 0 Å². The standard InChI is InChI=1S/C10H18O2.C7H9BO2/c1-8(2)7-4-5-9(3,11)10(8,12)6-7;9-8(10)6-7-4-2-1-3-5-7/h7,11-12H,4-6H2,1-3H3;1-5,9-10H,6H2. The molecule has 0 aromatic heterocycles. The fourth-order valence-electron chi connectivity index (χ4n) is 3.95. The zero-order chi connectivity index (χ0) is 16.6. The quantitative estimate of drug-likeness (QED) is 0.625. The molecule has 0 saturated heterocycles. The summed E-state index contributed by atoms with van der Waals surface area (Å²) >= 11 is 0. The largest absolute Gasteiger partial charge is 0.456 e. The fraction of sp³-hybridized carbons (Fsp3) is 0.647. The summed E-state index contributed by atoms with van der Waals surface area (Å²) < 4.78 is 0. The Morgan fingerprint density at radius 2 is 1.68 bits per heavy atom. The summed E-state index contributed by atoms with van der Waals surface area (Å²) in [5, 5.41) is 37.4. The first-order chi connectivity index (χ1) is 10.1. The maximum Gasteiger partial charge on any atom is 0.456 e. The van der Waals surface area contributed by atoms with Crippen molar-refractivity contribution in [2.45, 2.75) is 57.6 Å². The van der Waals surface area contributed by atoms with Gasteiger partial charge in [-0.1, -0.05) is 49.7 Å². The molecule has 4 N–H and O–H groups in total. The summed E-state index contributed by atoms with van der Waals surface area (Å²) in [4.78, 5) is 0. The number of benzene rings is 1. The Morgan fingerprint density at radius 3 is 2.09 bits per heavy atom. The second-order valence-electron chi connectivity index (χ2n) is 7.47. The lowest BCUT2D eigenvalue weighted by atomic mass is 9.41. The molecule has 4 rings (SSSR count). The maximum atomic E-state index is 10.2. The predicted molar refractivity (Wildman–Crippen MR) is 87.0 cm³/mol. The van der Waals surface area contributed by atoms with Crippen molar-refractivity contribution in [1.29, 1.82) is 0 Å². The van der Waals surface area contributed by atoms with Crippen molar-refractivity contribution in [2.24, 2.45) is 11.3 Å².